The lowest BCUT2D eigenvalue weighted by Crippen LogP contribution is -1.96. The summed E-state index contributed by atoms with van der Waals surface area (Å²) in [7, 11) is 0. The van der Waals surface area contributed by atoms with Gasteiger partial charge in [0.1, 0.15) is 0 Å². The summed E-state index contributed by atoms with van der Waals surface area (Å²) in [5, 5.41) is 0. The molecule has 5 N–H and O–H groups in total. The van der Waals surface area contributed by atoms with E-state index >= 15 is 0 Å². The molecule has 4 heteroatoms. The summed E-state index contributed by atoms with van der Waals surface area (Å²) >= 11 is 3.33. The zero-order valence-electron chi connectivity index (χ0n) is 5.52. The average Bonchev–Trinajstić information content (AvgIpc) is 2.30. The van der Waals surface area contributed by atoms with Gasteiger partial charge in [-0.15, -0.1) is 0 Å². The van der Waals surface area contributed by atoms with Crippen LogP contribution in [-0.4, -0.2) is 4.98 Å². The van der Waals surface area contributed by atoms with Gasteiger partial charge in [0.15, 0.2) is 0 Å². The standard InChI is InChI=1S/C6H10BrN3/c7-6-4(2-8)1-5(3-9)10-6/h1,10H,2-3,8-9H2. The van der Waals surface area contributed by atoms with Crippen LogP contribution in [0.25, 0.3) is 0 Å². The fraction of sp³-hybridized carbons (Fsp3) is 0.333. The Bertz CT molecular complexity index is 219. The number of aromatic amines is 1. The van der Waals surface area contributed by atoms with Crippen LogP contribution in [-0.2, 0) is 13.1 Å². The Morgan fingerprint density at radius 1 is 1.40 bits per heavy atom. The highest BCUT2D eigenvalue weighted by Crippen LogP contribution is 2.15. The maximum Gasteiger partial charge on any atom is 0.0868 e. The van der Waals surface area contributed by atoms with E-state index in [1.807, 2.05) is 6.07 Å². The molecular formula is C6H10BrN3. The predicted octanol–water partition coefficient (Wildman–Crippen LogP) is 0.695. The Balaban J connectivity index is 2.92. The topological polar surface area (TPSA) is 67.8 Å². The second-order valence-corrected chi connectivity index (χ2v) is 2.84. The lowest BCUT2D eigenvalue weighted by molar-refractivity contribution is 1.01. The highest BCUT2D eigenvalue weighted by Gasteiger charge is 2.01. The average molecular weight is 204 g/mol. The van der Waals surface area contributed by atoms with Crippen LogP contribution < -0.4 is 11.5 Å². The molecule has 0 spiro atoms. The van der Waals surface area contributed by atoms with E-state index in [0.717, 1.165) is 15.9 Å². The van der Waals surface area contributed by atoms with Crippen molar-refractivity contribution in [1.82, 2.24) is 4.98 Å². The van der Waals surface area contributed by atoms with Crippen LogP contribution in [0, 0.1) is 0 Å². The Morgan fingerprint density at radius 2 is 2.10 bits per heavy atom. The molecule has 0 radical (unpaired) electrons. The minimum absolute atomic E-state index is 0.526. The Kier molecular flexibility index (Phi) is 2.48. The molecule has 0 unspecified atom stereocenters. The van der Waals surface area contributed by atoms with E-state index in [1.54, 1.807) is 0 Å². The predicted molar refractivity (Wildman–Crippen MR) is 44.3 cm³/mol. The van der Waals surface area contributed by atoms with Crippen LogP contribution in [0.2, 0.25) is 0 Å². The molecule has 0 atom stereocenters. The van der Waals surface area contributed by atoms with Gasteiger partial charge in [-0.25, -0.2) is 0 Å². The van der Waals surface area contributed by atoms with Crippen molar-refractivity contribution in [3.05, 3.63) is 21.9 Å². The number of nitrogens with one attached hydrogen (secondary N) is 1. The molecule has 0 saturated heterocycles. The summed E-state index contributed by atoms with van der Waals surface area (Å²) in [5.74, 6) is 0. The van der Waals surface area contributed by atoms with Crippen molar-refractivity contribution in [3.8, 4) is 0 Å². The maximum atomic E-state index is 5.43. The van der Waals surface area contributed by atoms with Crippen molar-refractivity contribution < 1.29 is 0 Å². The Hall–Kier alpha value is -0.320. The van der Waals surface area contributed by atoms with Crippen LogP contribution in [0.1, 0.15) is 11.3 Å². The zero-order chi connectivity index (χ0) is 7.56. The minimum atomic E-state index is 0.526. The second kappa shape index (κ2) is 3.18. The minimum Gasteiger partial charge on any atom is -0.352 e. The van der Waals surface area contributed by atoms with Crippen LogP contribution in [0.4, 0.5) is 0 Å². The number of aromatic nitrogens is 1. The monoisotopic (exact) mass is 203 g/mol. The fourth-order valence-electron chi connectivity index (χ4n) is 0.789. The van der Waals surface area contributed by atoms with Gasteiger partial charge < -0.3 is 16.5 Å². The van der Waals surface area contributed by atoms with E-state index in [1.165, 1.54) is 0 Å². The SMILES string of the molecule is NCc1cc(CN)c(Br)[nH]1. The first kappa shape index (κ1) is 7.78. The molecule has 56 valence electrons. The first-order valence-electron chi connectivity index (χ1n) is 3.04. The van der Waals surface area contributed by atoms with Gasteiger partial charge in [0.25, 0.3) is 0 Å². The zero-order valence-corrected chi connectivity index (χ0v) is 7.11. The van der Waals surface area contributed by atoms with Crippen molar-refractivity contribution in [3.63, 3.8) is 0 Å². The van der Waals surface area contributed by atoms with Gasteiger partial charge in [0.05, 0.1) is 4.60 Å². The third-order valence-electron chi connectivity index (χ3n) is 1.34. The molecule has 0 aliphatic rings. The highest BCUT2D eigenvalue weighted by molar-refractivity contribution is 9.10. The molecule has 1 rings (SSSR count). The summed E-state index contributed by atoms with van der Waals surface area (Å²) in [5.41, 5.74) is 12.9. The maximum absolute atomic E-state index is 5.43. The van der Waals surface area contributed by atoms with Gasteiger partial charge >= 0.3 is 0 Å². The smallest absolute Gasteiger partial charge is 0.0868 e. The quantitative estimate of drug-likeness (QED) is 0.663. The second-order valence-electron chi connectivity index (χ2n) is 2.04. The molecule has 0 bridgehead atoms. The number of hydrogen-bond acceptors (Lipinski definition) is 2. The van der Waals surface area contributed by atoms with Crippen molar-refractivity contribution in [2.75, 3.05) is 0 Å². The molecule has 0 saturated carbocycles. The summed E-state index contributed by atoms with van der Waals surface area (Å²) < 4.78 is 0.940. The van der Waals surface area contributed by atoms with E-state index in [-0.39, 0.29) is 0 Å². The normalized spacial score (nSPS) is 10.3. The molecule has 0 aromatic carbocycles. The van der Waals surface area contributed by atoms with E-state index < -0.39 is 0 Å². The first-order valence-corrected chi connectivity index (χ1v) is 3.83. The lowest BCUT2D eigenvalue weighted by Gasteiger charge is -1.86. The van der Waals surface area contributed by atoms with Gasteiger partial charge in [0, 0.05) is 18.8 Å². The summed E-state index contributed by atoms with van der Waals surface area (Å²) in [4.78, 5) is 3.06. The number of rotatable bonds is 2. The summed E-state index contributed by atoms with van der Waals surface area (Å²) in [6, 6.07) is 1.96. The van der Waals surface area contributed by atoms with E-state index in [0.29, 0.717) is 13.1 Å². The summed E-state index contributed by atoms with van der Waals surface area (Å²) in [6.45, 7) is 1.07. The molecule has 0 aliphatic heterocycles. The van der Waals surface area contributed by atoms with Crippen LogP contribution in [0.5, 0.6) is 0 Å². The first-order chi connectivity index (χ1) is 4.77. The number of hydrogen-bond donors (Lipinski definition) is 3. The Labute approximate surface area is 67.9 Å². The van der Waals surface area contributed by atoms with Gasteiger partial charge in [-0.05, 0) is 27.6 Å². The molecule has 1 aromatic heterocycles. The van der Waals surface area contributed by atoms with Crippen LogP contribution >= 0.6 is 15.9 Å². The van der Waals surface area contributed by atoms with Crippen molar-refractivity contribution >= 4 is 15.9 Å². The molecule has 10 heavy (non-hydrogen) atoms. The van der Waals surface area contributed by atoms with Gasteiger partial charge in [-0.3, -0.25) is 0 Å². The molecule has 0 amide bonds. The molecule has 1 aromatic rings. The number of halogens is 1. The van der Waals surface area contributed by atoms with Gasteiger partial charge in [-0.2, -0.15) is 0 Å². The molecule has 1 heterocycles. The number of H-pyrrole nitrogens is 1. The van der Waals surface area contributed by atoms with Gasteiger partial charge in [-0.1, -0.05) is 0 Å². The van der Waals surface area contributed by atoms with E-state index in [9.17, 15) is 0 Å². The van der Waals surface area contributed by atoms with Crippen molar-refractivity contribution in [2.45, 2.75) is 13.1 Å². The Morgan fingerprint density at radius 3 is 2.40 bits per heavy atom. The van der Waals surface area contributed by atoms with E-state index in [4.69, 9.17) is 11.5 Å². The third kappa shape index (κ3) is 1.39. The van der Waals surface area contributed by atoms with E-state index in [2.05, 4.69) is 20.9 Å². The van der Waals surface area contributed by atoms with Gasteiger partial charge in [0.2, 0.25) is 0 Å². The number of nitrogens with two attached hydrogens (primary N) is 2. The highest BCUT2D eigenvalue weighted by atomic mass is 79.9. The third-order valence-corrected chi connectivity index (χ3v) is 2.05. The summed E-state index contributed by atoms with van der Waals surface area (Å²) in [6.07, 6.45) is 0. The molecule has 0 fully saturated rings. The lowest BCUT2D eigenvalue weighted by atomic mass is 10.3. The molecular weight excluding hydrogens is 194 g/mol. The fourth-order valence-corrected chi connectivity index (χ4v) is 1.32. The van der Waals surface area contributed by atoms with Crippen LogP contribution in [0.3, 0.4) is 0 Å². The molecule has 3 nitrogen and oxygen atoms in total. The molecule has 0 aliphatic carbocycles. The van der Waals surface area contributed by atoms with Crippen molar-refractivity contribution in [2.24, 2.45) is 11.5 Å². The largest absolute Gasteiger partial charge is 0.352 e. The van der Waals surface area contributed by atoms with Crippen LogP contribution in [0.15, 0.2) is 10.7 Å². The van der Waals surface area contributed by atoms with Crippen molar-refractivity contribution in [1.29, 1.82) is 0 Å².